The maximum absolute atomic E-state index is 12.1. The van der Waals surface area contributed by atoms with Crippen LogP contribution >= 0.6 is 0 Å². The SMILES string of the molecule is CC(C)c1c(C#N)cc(OC(F)(F)F)cc1C#N. The molecule has 3 nitrogen and oxygen atoms in total. The van der Waals surface area contributed by atoms with E-state index in [2.05, 4.69) is 4.74 Å². The van der Waals surface area contributed by atoms with Gasteiger partial charge in [0.05, 0.1) is 23.3 Å². The van der Waals surface area contributed by atoms with Gasteiger partial charge < -0.3 is 4.74 Å². The fourth-order valence-corrected chi connectivity index (χ4v) is 1.63. The monoisotopic (exact) mass is 254 g/mol. The second-order valence-electron chi connectivity index (χ2n) is 3.86. The molecule has 6 heteroatoms. The molecular formula is C12H9F3N2O. The highest BCUT2D eigenvalue weighted by Gasteiger charge is 2.31. The fraction of sp³-hybridized carbons (Fsp3) is 0.333. The highest BCUT2D eigenvalue weighted by Crippen LogP contribution is 2.30. The Morgan fingerprint density at radius 1 is 1.11 bits per heavy atom. The largest absolute Gasteiger partial charge is 0.573 e. The predicted molar refractivity (Wildman–Crippen MR) is 56.6 cm³/mol. The molecule has 0 saturated carbocycles. The van der Waals surface area contributed by atoms with Crippen molar-refractivity contribution in [3.8, 4) is 17.9 Å². The molecule has 1 aromatic rings. The van der Waals surface area contributed by atoms with Crippen LogP contribution in [0.4, 0.5) is 13.2 Å². The summed E-state index contributed by atoms with van der Waals surface area (Å²) in [6.45, 7) is 3.50. The molecule has 0 spiro atoms. The normalized spacial score (nSPS) is 10.9. The molecule has 0 aromatic heterocycles. The highest BCUT2D eigenvalue weighted by molar-refractivity contribution is 5.54. The van der Waals surface area contributed by atoms with E-state index < -0.39 is 12.1 Å². The van der Waals surface area contributed by atoms with Crippen molar-refractivity contribution in [1.29, 1.82) is 10.5 Å². The Balaban J connectivity index is 3.38. The Hall–Kier alpha value is -2.21. The van der Waals surface area contributed by atoms with E-state index in [1.807, 2.05) is 0 Å². The van der Waals surface area contributed by atoms with Crippen LogP contribution in [0.3, 0.4) is 0 Å². The summed E-state index contributed by atoms with van der Waals surface area (Å²) >= 11 is 0. The van der Waals surface area contributed by atoms with Crippen molar-refractivity contribution in [2.75, 3.05) is 0 Å². The molecule has 0 atom stereocenters. The Morgan fingerprint density at radius 3 is 1.83 bits per heavy atom. The number of halogens is 3. The predicted octanol–water partition coefficient (Wildman–Crippen LogP) is 3.45. The second kappa shape index (κ2) is 4.97. The summed E-state index contributed by atoms with van der Waals surface area (Å²) in [6.07, 6.45) is -4.85. The zero-order chi connectivity index (χ0) is 13.9. The minimum Gasteiger partial charge on any atom is -0.406 e. The first kappa shape index (κ1) is 13.9. The van der Waals surface area contributed by atoms with Crippen molar-refractivity contribution in [2.45, 2.75) is 26.1 Å². The van der Waals surface area contributed by atoms with Crippen molar-refractivity contribution in [3.63, 3.8) is 0 Å². The smallest absolute Gasteiger partial charge is 0.406 e. The fourth-order valence-electron chi connectivity index (χ4n) is 1.63. The Labute approximate surface area is 102 Å². The summed E-state index contributed by atoms with van der Waals surface area (Å²) < 4.78 is 40.0. The minimum atomic E-state index is -4.85. The number of ether oxygens (including phenoxy) is 1. The molecule has 0 aliphatic heterocycles. The molecule has 0 fully saturated rings. The average molecular weight is 254 g/mol. The third kappa shape index (κ3) is 3.14. The number of hydrogen-bond acceptors (Lipinski definition) is 3. The van der Waals surface area contributed by atoms with Gasteiger partial charge in [-0.25, -0.2) is 0 Å². The van der Waals surface area contributed by atoms with Gasteiger partial charge in [0, 0.05) is 0 Å². The maximum Gasteiger partial charge on any atom is 0.573 e. The summed E-state index contributed by atoms with van der Waals surface area (Å²) in [5, 5.41) is 17.8. The summed E-state index contributed by atoms with van der Waals surface area (Å²) in [7, 11) is 0. The van der Waals surface area contributed by atoms with E-state index >= 15 is 0 Å². The van der Waals surface area contributed by atoms with E-state index in [1.54, 1.807) is 26.0 Å². The number of nitrogens with zero attached hydrogens (tertiary/aromatic N) is 2. The minimum absolute atomic E-state index is 0.0169. The lowest BCUT2D eigenvalue weighted by atomic mass is 9.92. The van der Waals surface area contributed by atoms with Gasteiger partial charge >= 0.3 is 6.36 Å². The molecule has 0 radical (unpaired) electrons. The van der Waals surface area contributed by atoms with Crippen molar-refractivity contribution in [3.05, 3.63) is 28.8 Å². The van der Waals surface area contributed by atoms with Crippen LogP contribution in [0.1, 0.15) is 36.5 Å². The molecule has 1 rings (SSSR count). The lowest BCUT2D eigenvalue weighted by Crippen LogP contribution is -2.17. The van der Waals surface area contributed by atoms with Crippen molar-refractivity contribution in [2.24, 2.45) is 0 Å². The topological polar surface area (TPSA) is 56.8 Å². The van der Waals surface area contributed by atoms with E-state index in [1.165, 1.54) is 0 Å². The quantitative estimate of drug-likeness (QED) is 0.812. The third-order valence-electron chi connectivity index (χ3n) is 2.21. The number of rotatable bonds is 2. The Bertz CT molecular complexity index is 501. The number of benzene rings is 1. The van der Waals surface area contributed by atoms with Gasteiger partial charge in [-0.15, -0.1) is 13.2 Å². The molecular weight excluding hydrogens is 245 g/mol. The molecule has 1 aromatic carbocycles. The lowest BCUT2D eigenvalue weighted by molar-refractivity contribution is -0.274. The van der Waals surface area contributed by atoms with Crippen LogP contribution in [0, 0.1) is 22.7 Å². The summed E-state index contributed by atoms with van der Waals surface area (Å²) in [6, 6.07) is 5.54. The van der Waals surface area contributed by atoms with Gasteiger partial charge in [0.2, 0.25) is 0 Å². The summed E-state index contributed by atoms with van der Waals surface area (Å²) in [5.41, 5.74) is 0.459. The van der Waals surface area contributed by atoms with Crippen LogP contribution in [0.5, 0.6) is 5.75 Å². The van der Waals surface area contributed by atoms with Crippen LogP contribution in [0.2, 0.25) is 0 Å². The van der Waals surface area contributed by atoms with Gasteiger partial charge in [-0.05, 0) is 23.6 Å². The Kier molecular flexibility index (Phi) is 3.82. The van der Waals surface area contributed by atoms with Gasteiger partial charge in [0.25, 0.3) is 0 Å². The zero-order valence-corrected chi connectivity index (χ0v) is 9.67. The maximum atomic E-state index is 12.1. The van der Waals surface area contributed by atoms with Crippen LogP contribution in [0.25, 0.3) is 0 Å². The first-order valence-electron chi connectivity index (χ1n) is 5.02. The molecule has 0 unspecified atom stereocenters. The molecule has 0 amide bonds. The van der Waals surface area contributed by atoms with Crippen molar-refractivity contribution >= 4 is 0 Å². The summed E-state index contributed by atoms with van der Waals surface area (Å²) in [5.74, 6) is -0.700. The first-order chi connectivity index (χ1) is 8.28. The van der Waals surface area contributed by atoms with E-state index in [4.69, 9.17) is 10.5 Å². The van der Waals surface area contributed by atoms with Crippen molar-refractivity contribution in [1.82, 2.24) is 0 Å². The van der Waals surface area contributed by atoms with Crippen LogP contribution in [-0.2, 0) is 0 Å². The molecule has 0 N–H and O–H groups in total. The number of hydrogen-bond donors (Lipinski definition) is 0. The van der Waals surface area contributed by atoms with E-state index in [0.29, 0.717) is 5.56 Å². The highest BCUT2D eigenvalue weighted by atomic mass is 19.4. The molecule has 0 aliphatic rings. The molecule has 0 saturated heterocycles. The second-order valence-corrected chi connectivity index (χ2v) is 3.86. The third-order valence-corrected chi connectivity index (χ3v) is 2.21. The van der Waals surface area contributed by atoms with E-state index in [0.717, 1.165) is 12.1 Å². The first-order valence-corrected chi connectivity index (χ1v) is 5.02. The van der Waals surface area contributed by atoms with Gasteiger partial charge in [-0.1, -0.05) is 13.8 Å². The lowest BCUT2D eigenvalue weighted by Gasteiger charge is -2.14. The van der Waals surface area contributed by atoms with Crippen LogP contribution in [-0.4, -0.2) is 6.36 Å². The van der Waals surface area contributed by atoms with Crippen LogP contribution in [0.15, 0.2) is 12.1 Å². The zero-order valence-electron chi connectivity index (χ0n) is 9.67. The average Bonchev–Trinajstić information content (AvgIpc) is 2.24. The van der Waals surface area contributed by atoms with Gasteiger partial charge in [0.1, 0.15) is 5.75 Å². The molecule has 94 valence electrons. The molecule has 0 heterocycles. The molecule has 0 aliphatic carbocycles. The van der Waals surface area contributed by atoms with E-state index in [-0.39, 0.29) is 17.0 Å². The van der Waals surface area contributed by atoms with Crippen molar-refractivity contribution < 1.29 is 17.9 Å². The van der Waals surface area contributed by atoms with Gasteiger partial charge in [-0.2, -0.15) is 10.5 Å². The number of nitriles is 2. The molecule has 18 heavy (non-hydrogen) atoms. The van der Waals surface area contributed by atoms with Gasteiger partial charge in [0.15, 0.2) is 0 Å². The van der Waals surface area contributed by atoms with Crippen LogP contribution < -0.4 is 4.74 Å². The van der Waals surface area contributed by atoms with Gasteiger partial charge in [-0.3, -0.25) is 0 Å². The molecule has 0 bridgehead atoms. The summed E-state index contributed by atoms with van der Waals surface area (Å²) in [4.78, 5) is 0. The standard InChI is InChI=1S/C12H9F3N2O/c1-7(2)11-8(5-16)3-10(4-9(11)6-17)18-12(13,14)15/h3-4,7H,1-2H3. The number of alkyl halides is 3. The Morgan fingerprint density at radius 2 is 1.56 bits per heavy atom. The van der Waals surface area contributed by atoms with E-state index in [9.17, 15) is 13.2 Å².